The van der Waals surface area contributed by atoms with Gasteiger partial charge in [-0.05, 0) is 0 Å². The first kappa shape index (κ1) is 17.0. The average Bonchev–Trinajstić information content (AvgIpc) is 2.41. The van der Waals surface area contributed by atoms with Gasteiger partial charge in [0.15, 0.2) is 0 Å². The van der Waals surface area contributed by atoms with Crippen LogP contribution < -0.4 is 0 Å². The van der Waals surface area contributed by atoms with Crippen molar-refractivity contribution >= 4 is 10.7 Å². The molecular formula is C12H25NO5S. The van der Waals surface area contributed by atoms with Crippen molar-refractivity contribution in [3.63, 3.8) is 0 Å². The summed E-state index contributed by atoms with van der Waals surface area (Å²) in [6.45, 7) is 5.87. The summed E-state index contributed by atoms with van der Waals surface area (Å²) in [6, 6.07) is 0. The summed E-state index contributed by atoms with van der Waals surface area (Å²) in [5, 5.41) is 0. The van der Waals surface area contributed by atoms with Crippen LogP contribution in [0.4, 0.5) is 0 Å². The Bertz CT molecular complexity index is 210. The fraction of sp³-hybridized carbons (Fsp3) is 1.00. The summed E-state index contributed by atoms with van der Waals surface area (Å²) in [7, 11) is -0.377. The first-order valence-corrected chi connectivity index (χ1v) is 8.23. The molecule has 1 aliphatic rings. The highest BCUT2D eigenvalue weighted by atomic mass is 32.2. The monoisotopic (exact) mass is 295 g/mol. The van der Waals surface area contributed by atoms with Gasteiger partial charge in [0, 0.05) is 11.5 Å². The maximum Gasteiger partial charge on any atom is 0.0701 e. The molecule has 1 N–H and O–H groups in total. The normalized spacial score (nSPS) is 24.4. The van der Waals surface area contributed by atoms with Crippen molar-refractivity contribution in [3.05, 3.63) is 0 Å². The Hall–Kier alpha value is -0.0500. The highest BCUT2D eigenvalue weighted by molar-refractivity contribution is 7.86. The van der Waals surface area contributed by atoms with Crippen LogP contribution in [0, 0.1) is 4.78 Å². The van der Waals surface area contributed by atoms with E-state index in [1.54, 1.807) is 0 Å². The van der Waals surface area contributed by atoms with Gasteiger partial charge in [-0.15, -0.1) is 0 Å². The smallest absolute Gasteiger partial charge is 0.0701 e. The second-order valence-corrected chi connectivity index (χ2v) is 5.77. The Morgan fingerprint density at radius 2 is 0.737 bits per heavy atom. The third-order valence-corrected chi connectivity index (χ3v) is 3.76. The Kier molecular flexibility index (Phi) is 11.6. The lowest BCUT2D eigenvalue weighted by Gasteiger charge is -2.10. The average molecular weight is 295 g/mol. The quantitative estimate of drug-likeness (QED) is 0.703. The SMILES string of the molecule is N=S1CCOCCOCCOCCOCCOCC1. The van der Waals surface area contributed by atoms with E-state index in [2.05, 4.69) is 0 Å². The van der Waals surface area contributed by atoms with Crippen molar-refractivity contribution in [2.24, 2.45) is 0 Å². The minimum atomic E-state index is -0.377. The van der Waals surface area contributed by atoms with Crippen molar-refractivity contribution in [1.82, 2.24) is 0 Å². The molecule has 0 bridgehead atoms. The van der Waals surface area contributed by atoms with Gasteiger partial charge >= 0.3 is 0 Å². The Balaban J connectivity index is 2.10. The molecule has 1 aliphatic heterocycles. The van der Waals surface area contributed by atoms with Crippen LogP contribution in [0.5, 0.6) is 0 Å². The van der Waals surface area contributed by atoms with Crippen LogP contribution in [0.2, 0.25) is 0 Å². The van der Waals surface area contributed by atoms with Crippen LogP contribution in [-0.4, -0.2) is 77.6 Å². The van der Waals surface area contributed by atoms with E-state index >= 15 is 0 Å². The molecule has 0 atom stereocenters. The van der Waals surface area contributed by atoms with Crippen molar-refractivity contribution < 1.29 is 23.7 Å². The minimum absolute atomic E-state index is 0.377. The molecular weight excluding hydrogens is 270 g/mol. The number of hydrogen-bond donors (Lipinski definition) is 1. The Labute approximate surface area is 117 Å². The molecule has 0 amide bonds. The summed E-state index contributed by atoms with van der Waals surface area (Å²) < 4.78 is 34.7. The molecule has 1 fully saturated rings. The molecule has 0 aromatic rings. The largest absolute Gasteiger partial charge is 0.378 e. The summed E-state index contributed by atoms with van der Waals surface area (Å²) >= 11 is 0. The lowest BCUT2D eigenvalue weighted by Crippen LogP contribution is -2.17. The van der Waals surface area contributed by atoms with Crippen LogP contribution in [0.1, 0.15) is 0 Å². The highest BCUT2D eigenvalue weighted by Crippen LogP contribution is 1.89. The summed E-state index contributed by atoms with van der Waals surface area (Å²) in [6.07, 6.45) is 0. The van der Waals surface area contributed by atoms with E-state index < -0.39 is 0 Å². The highest BCUT2D eigenvalue weighted by Gasteiger charge is 1.98. The number of hydrogen-bond acceptors (Lipinski definition) is 6. The topological polar surface area (TPSA) is 70.0 Å². The van der Waals surface area contributed by atoms with Gasteiger partial charge in [0.25, 0.3) is 0 Å². The third kappa shape index (κ3) is 11.5. The molecule has 1 heterocycles. The number of ether oxygens (including phenoxy) is 5. The molecule has 1 saturated heterocycles. The van der Waals surface area contributed by atoms with Gasteiger partial charge in [-0.25, -0.2) is 0 Å². The van der Waals surface area contributed by atoms with E-state index in [0.717, 1.165) is 11.5 Å². The van der Waals surface area contributed by atoms with Gasteiger partial charge in [0.05, 0.1) is 66.1 Å². The van der Waals surface area contributed by atoms with E-state index in [1.807, 2.05) is 0 Å². The maximum absolute atomic E-state index is 7.83. The third-order valence-electron chi connectivity index (χ3n) is 2.44. The molecule has 114 valence electrons. The van der Waals surface area contributed by atoms with Crippen molar-refractivity contribution in [2.75, 3.05) is 77.6 Å². The van der Waals surface area contributed by atoms with Crippen molar-refractivity contribution in [1.29, 1.82) is 4.78 Å². The molecule has 7 heteroatoms. The van der Waals surface area contributed by atoms with E-state index in [-0.39, 0.29) is 10.7 Å². The van der Waals surface area contributed by atoms with Gasteiger partial charge in [-0.3, -0.25) is 4.78 Å². The van der Waals surface area contributed by atoms with Crippen LogP contribution in [0.3, 0.4) is 0 Å². The molecule has 0 aromatic carbocycles. The molecule has 6 nitrogen and oxygen atoms in total. The molecule has 0 unspecified atom stereocenters. The standard InChI is InChI=1S/C12H25NO5S/c13-19-11-9-17-7-5-15-3-1-14-2-4-16-6-8-18-10-12-19/h13H,1-12H2. The predicted octanol–water partition coefficient (Wildman–Crippen LogP) is 0.464. The minimum Gasteiger partial charge on any atom is -0.378 e. The number of rotatable bonds is 0. The van der Waals surface area contributed by atoms with E-state index in [0.29, 0.717) is 66.1 Å². The van der Waals surface area contributed by atoms with Gasteiger partial charge < -0.3 is 23.7 Å². The summed E-state index contributed by atoms with van der Waals surface area (Å²) in [5.74, 6) is 1.53. The van der Waals surface area contributed by atoms with Crippen LogP contribution in [0.15, 0.2) is 0 Å². The Morgan fingerprint density at radius 3 is 1.05 bits per heavy atom. The van der Waals surface area contributed by atoms with E-state index in [1.165, 1.54) is 0 Å². The maximum atomic E-state index is 7.83. The van der Waals surface area contributed by atoms with Crippen LogP contribution >= 0.6 is 0 Å². The summed E-state index contributed by atoms with van der Waals surface area (Å²) in [4.78, 5) is 0. The molecule has 0 spiro atoms. The first-order valence-electron chi connectivity index (χ1n) is 6.67. The molecule has 0 aliphatic carbocycles. The van der Waals surface area contributed by atoms with Gasteiger partial charge in [0.2, 0.25) is 0 Å². The van der Waals surface area contributed by atoms with Gasteiger partial charge in [0.1, 0.15) is 0 Å². The fourth-order valence-corrected chi connectivity index (χ4v) is 2.25. The molecule has 19 heavy (non-hydrogen) atoms. The molecule has 0 aromatic heterocycles. The second kappa shape index (κ2) is 13.0. The van der Waals surface area contributed by atoms with Gasteiger partial charge in [-0.2, -0.15) is 0 Å². The van der Waals surface area contributed by atoms with Gasteiger partial charge in [-0.1, -0.05) is 10.7 Å². The zero-order valence-corrected chi connectivity index (χ0v) is 12.3. The lowest BCUT2D eigenvalue weighted by atomic mass is 10.7. The number of nitrogens with one attached hydrogen (secondary N) is 1. The first-order chi connectivity index (χ1) is 9.39. The van der Waals surface area contributed by atoms with Crippen LogP contribution in [-0.2, 0) is 34.4 Å². The second-order valence-electron chi connectivity index (χ2n) is 3.96. The van der Waals surface area contributed by atoms with E-state index in [9.17, 15) is 0 Å². The zero-order valence-electron chi connectivity index (χ0n) is 11.4. The molecule has 0 saturated carbocycles. The van der Waals surface area contributed by atoms with Crippen LogP contribution in [0.25, 0.3) is 0 Å². The lowest BCUT2D eigenvalue weighted by molar-refractivity contribution is -0.00944. The van der Waals surface area contributed by atoms with Crippen molar-refractivity contribution in [3.8, 4) is 0 Å². The van der Waals surface area contributed by atoms with Crippen molar-refractivity contribution in [2.45, 2.75) is 0 Å². The summed E-state index contributed by atoms with van der Waals surface area (Å²) in [5.41, 5.74) is 0. The fourth-order valence-electron chi connectivity index (χ4n) is 1.40. The Morgan fingerprint density at radius 1 is 0.474 bits per heavy atom. The van der Waals surface area contributed by atoms with E-state index in [4.69, 9.17) is 28.5 Å². The molecule has 1 rings (SSSR count). The molecule has 0 radical (unpaired) electrons. The predicted molar refractivity (Wildman–Crippen MR) is 73.9 cm³/mol. The zero-order chi connectivity index (χ0) is 13.6.